The van der Waals surface area contributed by atoms with Crippen molar-refractivity contribution in [3.05, 3.63) is 0 Å². The van der Waals surface area contributed by atoms with E-state index in [1.165, 1.54) is 0 Å². The van der Waals surface area contributed by atoms with Crippen molar-refractivity contribution in [3.8, 4) is 0 Å². The zero-order valence-corrected chi connectivity index (χ0v) is 12.3. The highest BCUT2D eigenvalue weighted by molar-refractivity contribution is 5.83. The third-order valence-corrected chi connectivity index (χ3v) is 3.36. The third kappa shape index (κ3) is 7.52. The summed E-state index contributed by atoms with van der Waals surface area (Å²) in [6, 6.07) is 0. The van der Waals surface area contributed by atoms with Gasteiger partial charge in [-0.05, 0) is 6.42 Å². The number of carboxylic acid groups (broad SMARTS) is 1. The zero-order valence-electron chi connectivity index (χ0n) is 12.3. The molecule has 0 aromatic carbocycles. The van der Waals surface area contributed by atoms with Gasteiger partial charge in [-0.1, -0.05) is 39.0 Å². The van der Waals surface area contributed by atoms with Crippen molar-refractivity contribution in [2.75, 3.05) is 0 Å². The van der Waals surface area contributed by atoms with Gasteiger partial charge in [0, 0.05) is 6.42 Å². The van der Waals surface area contributed by atoms with Gasteiger partial charge in [-0.15, -0.1) is 0 Å². The quantitative estimate of drug-likeness (QED) is 0.316. The van der Waals surface area contributed by atoms with Crippen LogP contribution in [0.2, 0.25) is 0 Å². The fraction of sp³-hybridized carbons (Fsp3) is 0.857. The van der Waals surface area contributed by atoms with Crippen LogP contribution >= 0.6 is 0 Å². The number of carboxylic acids is 1. The molecule has 0 bridgehead atoms. The minimum Gasteiger partial charge on any atom is -0.479 e. The standard InChI is InChI=1S/C14H26O7/c1-2-3-4-5-6-7-8-9(15)10(16)11(17)12(18)13(19)14(20)21/h10-13,16-19H,2-8H2,1H3,(H,20,21)/t10-,11+,12-,13-/m1/s1. The number of Topliss-reactive ketones (excluding diaryl/α,β-unsaturated/α-hetero) is 1. The molecule has 0 aromatic heterocycles. The normalized spacial score (nSPS) is 17.0. The summed E-state index contributed by atoms with van der Waals surface area (Å²) >= 11 is 0. The van der Waals surface area contributed by atoms with Gasteiger partial charge in [0.05, 0.1) is 0 Å². The van der Waals surface area contributed by atoms with E-state index in [4.69, 9.17) is 10.2 Å². The van der Waals surface area contributed by atoms with E-state index in [1.807, 2.05) is 0 Å². The van der Waals surface area contributed by atoms with Crippen LogP contribution in [-0.2, 0) is 9.59 Å². The maximum Gasteiger partial charge on any atom is 0.335 e. The van der Waals surface area contributed by atoms with E-state index in [2.05, 4.69) is 6.92 Å². The Balaban J connectivity index is 4.10. The monoisotopic (exact) mass is 306 g/mol. The number of rotatable bonds is 12. The number of hydrogen-bond donors (Lipinski definition) is 5. The van der Waals surface area contributed by atoms with Crippen molar-refractivity contribution < 1.29 is 35.1 Å². The summed E-state index contributed by atoms with van der Waals surface area (Å²) < 4.78 is 0. The summed E-state index contributed by atoms with van der Waals surface area (Å²) in [5, 5.41) is 46.0. The topological polar surface area (TPSA) is 135 Å². The first-order chi connectivity index (χ1) is 9.82. The van der Waals surface area contributed by atoms with Crippen molar-refractivity contribution >= 4 is 11.8 Å². The molecule has 0 heterocycles. The van der Waals surface area contributed by atoms with Crippen LogP contribution in [-0.4, -0.2) is 61.7 Å². The molecule has 7 heteroatoms. The predicted molar refractivity (Wildman–Crippen MR) is 74.7 cm³/mol. The second-order valence-corrected chi connectivity index (χ2v) is 5.19. The van der Waals surface area contributed by atoms with Crippen LogP contribution in [0.5, 0.6) is 0 Å². The summed E-state index contributed by atoms with van der Waals surface area (Å²) in [6.07, 6.45) is -2.54. The number of ketones is 1. The van der Waals surface area contributed by atoms with Crippen molar-refractivity contribution in [1.82, 2.24) is 0 Å². The average Bonchev–Trinajstić information content (AvgIpc) is 2.47. The Bertz CT molecular complexity index is 318. The fourth-order valence-electron chi connectivity index (χ4n) is 1.94. The van der Waals surface area contributed by atoms with Crippen LogP contribution in [0.25, 0.3) is 0 Å². The van der Waals surface area contributed by atoms with Gasteiger partial charge in [-0.3, -0.25) is 4.79 Å². The molecule has 5 N–H and O–H groups in total. The molecule has 4 atom stereocenters. The van der Waals surface area contributed by atoms with E-state index in [-0.39, 0.29) is 6.42 Å². The molecular formula is C14H26O7. The molecule has 0 aliphatic carbocycles. The van der Waals surface area contributed by atoms with E-state index in [1.54, 1.807) is 0 Å². The van der Waals surface area contributed by atoms with Gasteiger partial charge < -0.3 is 25.5 Å². The molecular weight excluding hydrogens is 280 g/mol. The molecule has 0 aliphatic rings. The summed E-state index contributed by atoms with van der Waals surface area (Å²) in [4.78, 5) is 22.1. The van der Waals surface area contributed by atoms with Gasteiger partial charge in [0.25, 0.3) is 0 Å². The summed E-state index contributed by atoms with van der Waals surface area (Å²) in [5.74, 6) is -2.41. The summed E-state index contributed by atoms with van der Waals surface area (Å²) in [6.45, 7) is 2.10. The lowest BCUT2D eigenvalue weighted by Gasteiger charge is -2.23. The molecule has 0 aliphatic heterocycles. The first-order valence-corrected chi connectivity index (χ1v) is 7.30. The van der Waals surface area contributed by atoms with E-state index in [0.29, 0.717) is 6.42 Å². The molecule has 0 unspecified atom stereocenters. The Morgan fingerprint density at radius 1 is 0.810 bits per heavy atom. The lowest BCUT2D eigenvalue weighted by atomic mass is 9.97. The van der Waals surface area contributed by atoms with E-state index >= 15 is 0 Å². The number of carbonyl (C=O) groups excluding carboxylic acids is 1. The van der Waals surface area contributed by atoms with Crippen LogP contribution in [0, 0.1) is 0 Å². The lowest BCUT2D eigenvalue weighted by molar-refractivity contribution is -0.165. The highest BCUT2D eigenvalue weighted by Gasteiger charge is 2.36. The van der Waals surface area contributed by atoms with Crippen LogP contribution in [0.15, 0.2) is 0 Å². The van der Waals surface area contributed by atoms with Crippen molar-refractivity contribution in [3.63, 3.8) is 0 Å². The van der Waals surface area contributed by atoms with Gasteiger partial charge in [-0.2, -0.15) is 0 Å². The Morgan fingerprint density at radius 3 is 1.81 bits per heavy atom. The summed E-state index contributed by atoms with van der Waals surface area (Å²) in [5.41, 5.74) is 0. The summed E-state index contributed by atoms with van der Waals surface area (Å²) in [7, 11) is 0. The largest absolute Gasteiger partial charge is 0.479 e. The smallest absolute Gasteiger partial charge is 0.335 e. The predicted octanol–water partition coefficient (Wildman–Crippen LogP) is -0.166. The first-order valence-electron chi connectivity index (χ1n) is 7.30. The minimum absolute atomic E-state index is 0.0419. The Morgan fingerprint density at radius 2 is 1.29 bits per heavy atom. The zero-order chi connectivity index (χ0) is 16.4. The molecule has 0 fully saturated rings. The first kappa shape index (κ1) is 20.0. The number of unbranched alkanes of at least 4 members (excludes halogenated alkanes) is 5. The van der Waals surface area contributed by atoms with Crippen LogP contribution in [0.3, 0.4) is 0 Å². The molecule has 21 heavy (non-hydrogen) atoms. The molecule has 0 aromatic rings. The Kier molecular flexibility index (Phi) is 10.2. The lowest BCUT2D eigenvalue weighted by Crippen LogP contribution is -2.50. The highest BCUT2D eigenvalue weighted by Crippen LogP contribution is 2.12. The van der Waals surface area contributed by atoms with Crippen LogP contribution in [0.1, 0.15) is 51.9 Å². The average molecular weight is 306 g/mol. The van der Waals surface area contributed by atoms with Gasteiger partial charge in [0.2, 0.25) is 0 Å². The van der Waals surface area contributed by atoms with Crippen molar-refractivity contribution in [2.24, 2.45) is 0 Å². The van der Waals surface area contributed by atoms with Gasteiger partial charge in [0.15, 0.2) is 11.9 Å². The van der Waals surface area contributed by atoms with E-state index in [9.17, 15) is 24.9 Å². The molecule has 0 saturated heterocycles. The van der Waals surface area contributed by atoms with Crippen molar-refractivity contribution in [2.45, 2.75) is 76.3 Å². The molecule has 0 saturated carbocycles. The number of carbonyl (C=O) groups is 2. The second-order valence-electron chi connectivity index (χ2n) is 5.19. The van der Waals surface area contributed by atoms with E-state index < -0.39 is 36.2 Å². The molecule has 0 rings (SSSR count). The second kappa shape index (κ2) is 10.7. The van der Waals surface area contributed by atoms with E-state index in [0.717, 1.165) is 32.1 Å². The Labute approximate surface area is 124 Å². The molecule has 0 spiro atoms. The Hall–Kier alpha value is -1.02. The molecule has 0 radical (unpaired) electrons. The third-order valence-electron chi connectivity index (χ3n) is 3.36. The maximum absolute atomic E-state index is 11.6. The highest BCUT2D eigenvalue weighted by atomic mass is 16.4. The molecule has 0 amide bonds. The molecule has 124 valence electrons. The van der Waals surface area contributed by atoms with Crippen molar-refractivity contribution in [1.29, 1.82) is 0 Å². The number of hydrogen-bond acceptors (Lipinski definition) is 6. The SMILES string of the molecule is CCCCCCCCC(=O)[C@@H](O)[C@H](O)[C@@H](O)[C@@H](O)C(=O)O. The maximum atomic E-state index is 11.6. The van der Waals surface area contributed by atoms with Gasteiger partial charge in [-0.25, -0.2) is 4.79 Å². The fourth-order valence-corrected chi connectivity index (χ4v) is 1.94. The number of aliphatic carboxylic acids is 1. The number of aliphatic hydroxyl groups is 4. The number of aliphatic hydroxyl groups excluding tert-OH is 4. The van der Waals surface area contributed by atoms with Gasteiger partial charge >= 0.3 is 5.97 Å². The molecule has 7 nitrogen and oxygen atoms in total. The van der Waals surface area contributed by atoms with Crippen LogP contribution in [0.4, 0.5) is 0 Å². The van der Waals surface area contributed by atoms with Gasteiger partial charge in [0.1, 0.15) is 18.3 Å². The minimum atomic E-state index is -2.25. The van der Waals surface area contributed by atoms with Crippen LogP contribution < -0.4 is 0 Å².